The van der Waals surface area contributed by atoms with E-state index in [1.165, 1.54) is 0 Å². The van der Waals surface area contributed by atoms with Crippen molar-refractivity contribution in [3.05, 3.63) is 91.4 Å². The van der Waals surface area contributed by atoms with Crippen molar-refractivity contribution >= 4 is 94.8 Å². The molecule has 0 bridgehead atoms. The van der Waals surface area contributed by atoms with Crippen LogP contribution in [0.2, 0.25) is 0 Å². The Morgan fingerprint density at radius 3 is 1.70 bits per heavy atom. The van der Waals surface area contributed by atoms with Crippen LogP contribution < -0.4 is 29.6 Å². The number of ketones is 2. The number of hydrogen-bond donors (Lipinski definition) is 1. The number of fused-ring (bicyclic) bond motifs is 2. The van der Waals surface area contributed by atoms with Gasteiger partial charge in [0.25, 0.3) is 0 Å². The van der Waals surface area contributed by atoms with Crippen LogP contribution in [0.1, 0.15) is 99.3 Å². The first-order valence-electron chi connectivity index (χ1n) is 18.1. The number of aromatic amines is 1. The standard InChI is InChI=1S/C21H24BrNO3S.C17H18BrNOS.C4H7BrO2.Na.H/c1-5-26-18(25)12-23-13(2)20(27-15-8-6-14(22)7-9-15)19-16(23)10-21(3,4)11-17(19)24;1-10-16(21-12-6-4-11(18)5-7-12)15-13(19-10)8-17(2,3)9-14(15)20;1-2-7-4(6)3-5;;/h6-9H,5,10-12H2,1-4H3;4-7,19H,8-9H2,1-3H3;2-3H2,1H3;;/q;;;+1;-1. The second-order valence-electron chi connectivity index (χ2n) is 15.0. The first kappa shape index (κ1) is 48.8. The molecule has 0 amide bonds. The minimum Gasteiger partial charge on any atom is -1.00 e. The molecule has 6 rings (SSSR count). The topological polar surface area (TPSA) is 107 Å². The quantitative estimate of drug-likeness (QED) is 0.101. The van der Waals surface area contributed by atoms with E-state index in [9.17, 15) is 19.2 Å². The summed E-state index contributed by atoms with van der Waals surface area (Å²) in [5.74, 6) is -0.0475. The van der Waals surface area contributed by atoms with E-state index in [2.05, 4.69) is 104 Å². The molecule has 2 aromatic carbocycles. The second kappa shape index (κ2) is 21.6. The van der Waals surface area contributed by atoms with Crippen molar-refractivity contribution in [2.75, 3.05) is 18.5 Å². The van der Waals surface area contributed by atoms with Gasteiger partial charge in [-0.15, -0.1) is 0 Å². The minimum atomic E-state index is -0.269. The summed E-state index contributed by atoms with van der Waals surface area (Å²) in [5.41, 5.74) is 5.76. The Labute approximate surface area is 388 Å². The summed E-state index contributed by atoms with van der Waals surface area (Å²) in [6, 6.07) is 16.2. The van der Waals surface area contributed by atoms with Crippen molar-refractivity contribution in [2.45, 2.75) is 107 Å². The van der Waals surface area contributed by atoms with Gasteiger partial charge in [0.1, 0.15) is 11.9 Å². The van der Waals surface area contributed by atoms with Gasteiger partial charge >= 0.3 is 41.5 Å². The first-order chi connectivity index (χ1) is 25.9. The van der Waals surface area contributed by atoms with Crippen molar-refractivity contribution in [1.29, 1.82) is 0 Å². The number of rotatable bonds is 9. The number of carbonyl (C=O) groups is 4. The van der Waals surface area contributed by atoms with Crippen LogP contribution in [0.5, 0.6) is 0 Å². The van der Waals surface area contributed by atoms with Crippen molar-refractivity contribution in [1.82, 2.24) is 9.55 Å². The molecule has 0 atom stereocenters. The molecule has 0 radical (unpaired) electrons. The molecule has 0 fully saturated rings. The third-order valence-corrected chi connectivity index (χ3v) is 12.9. The zero-order chi connectivity index (χ0) is 40.7. The molecule has 4 aromatic rings. The molecule has 0 saturated carbocycles. The Balaban J connectivity index is 0.000000334. The number of nitrogens with zero attached hydrogens (tertiary/aromatic N) is 1. The van der Waals surface area contributed by atoms with E-state index in [1.54, 1.807) is 37.4 Å². The average Bonchev–Trinajstić information content (AvgIpc) is 3.54. The summed E-state index contributed by atoms with van der Waals surface area (Å²) in [4.78, 5) is 55.5. The molecule has 0 aliphatic heterocycles. The number of aromatic nitrogens is 2. The molecule has 56 heavy (non-hydrogen) atoms. The van der Waals surface area contributed by atoms with E-state index in [-0.39, 0.29) is 71.9 Å². The summed E-state index contributed by atoms with van der Waals surface area (Å²) in [6.45, 7) is 17.1. The third kappa shape index (κ3) is 13.2. The van der Waals surface area contributed by atoms with Gasteiger partial charge in [0.05, 0.1) is 24.3 Å². The van der Waals surface area contributed by atoms with Gasteiger partial charge in [-0.1, -0.05) is 99.0 Å². The number of ether oxygens (including phenoxy) is 2. The van der Waals surface area contributed by atoms with Gasteiger partial charge in [-0.3, -0.25) is 19.2 Å². The van der Waals surface area contributed by atoms with E-state index in [1.807, 2.05) is 47.9 Å². The van der Waals surface area contributed by atoms with Gasteiger partial charge in [0, 0.05) is 64.1 Å². The number of esters is 2. The smallest absolute Gasteiger partial charge is 1.00 e. The van der Waals surface area contributed by atoms with Gasteiger partial charge in [0.2, 0.25) is 0 Å². The van der Waals surface area contributed by atoms with Crippen LogP contribution in [0.4, 0.5) is 0 Å². The summed E-state index contributed by atoms with van der Waals surface area (Å²) in [7, 11) is 0. The number of benzene rings is 2. The first-order valence-corrected chi connectivity index (χ1v) is 22.5. The zero-order valence-corrected chi connectivity index (χ0v) is 42.0. The van der Waals surface area contributed by atoms with Crippen molar-refractivity contribution in [3.63, 3.8) is 0 Å². The predicted molar refractivity (Wildman–Crippen MR) is 232 cm³/mol. The van der Waals surface area contributed by atoms with Crippen LogP contribution in [0.15, 0.2) is 77.1 Å². The molecule has 2 aromatic heterocycles. The molecule has 298 valence electrons. The fraction of sp³-hybridized carbons (Fsp3) is 0.429. The van der Waals surface area contributed by atoms with Crippen molar-refractivity contribution < 1.29 is 59.6 Å². The molecule has 8 nitrogen and oxygen atoms in total. The number of hydrogen-bond acceptors (Lipinski definition) is 8. The Morgan fingerprint density at radius 2 is 1.21 bits per heavy atom. The largest absolute Gasteiger partial charge is 1.00 e. The number of halogens is 3. The fourth-order valence-corrected chi connectivity index (χ4v) is 9.53. The van der Waals surface area contributed by atoms with Crippen LogP contribution in [-0.4, -0.2) is 51.6 Å². The van der Waals surface area contributed by atoms with E-state index in [0.717, 1.165) is 75.3 Å². The molecule has 14 heteroatoms. The molecule has 0 unspecified atom stereocenters. The zero-order valence-electron chi connectivity index (χ0n) is 34.6. The van der Waals surface area contributed by atoms with Gasteiger partial charge in [0.15, 0.2) is 11.6 Å². The SMILES string of the molecule is CCOC(=O)CBr.CCOC(=O)Cn1c(C)c(Sc2ccc(Br)cc2)c2c1CC(C)(C)CC2=O.Cc1[nH]c2c(c1Sc1ccc(Br)cc1)C(=O)CC(C)(C)C2.[H-].[Na+]. The Kier molecular flexibility index (Phi) is 18.8. The van der Waals surface area contributed by atoms with Crippen LogP contribution in [0, 0.1) is 24.7 Å². The average molecular weight is 1010 g/mol. The van der Waals surface area contributed by atoms with Crippen molar-refractivity contribution in [3.8, 4) is 0 Å². The monoisotopic (exact) mass is 1000 g/mol. The summed E-state index contributed by atoms with van der Waals surface area (Å²) in [6.07, 6.45) is 2.87. The number of alkyl halides is 1. The Morgan fingerprint density at radius 1 is 0.750 bits per heavy atom. The Hall–Kier alpha value is -1.58. The van der Waals surface area contributed by atoms with Crippen LogP contribution >= 0.6 is 71.3 Å². The van der Waals surface area contributed by atoms with Crippen LogP contribution in [-0.2, 0) is 38.4 Å². The van der Waals surface area contributed by atoms with Crippen molar-refractivity contribution in [2.24, 2.45) is 10.8 Å². The van der Waals surface area contributed by atoms with Gasteiger partial charge in [-0.2, -0.15) is 0 Å². The molecular weight excluding hydrogens is 955 g/mol. The second-order valence-corrected chi connectivity index (χ2v) is 19.6. The number of nitrogens with one attached hydrogen (secondary N) is 1. The predicted octanol–water partition coefficient (Wildman–Crippen LogP) is 8.88. The molecule has 2 aliphatic rings. The number of Topliss-reactive ketones (excluding diaryl/α,β-unsaturated/α-hetero) is 2. The maximum Gasteiger partial charge on any atom is 1.00 e. The van der Waals surface area contributed by atoms with Crippen LogP contribution in [0.3, 0.4) is 0 Å². The molecule has 1 N–H and O–H groups in total. The molecule has 2 aliphatic carbocycles. The summed E-state index contributed by atoms with van der Waals surface area (Å²) < 4.78 is 13.7. The number of aryl methyl sites for hydroxylation is 1. The maximum atomic E-state index is 13.0. The van der Waals surface area contributed by atoms with E-state index in [4.69, 9.17) is 4.74 Å². The Bertz CT molecular complexity index is 2030. The summed E-state index contributed by atoms with van der Waals surface area (Å²) >= 11 is 13.1. The molecular formula is C42H50Br3N2NaO6S2. The van der Waals surface area contributed by atoms with E-state index < -0.39 is 0 Å². The number of carbonyl (C=O) groups excluding carboxylic acids is 4. The van der Waals surface area contributed by atoms with E-state index in [0.29, 0.717) is 31.4 Å². The third-order valence-electron chi connectivity index (χ3n) is 8.99. The normalized spacial score (nSPS) is 14.8. The molecule has 0 saturated heterocycles. The number of H-pyrrole nitrogens is 1. The van der Waals surface area contributed by atoms with Gasteiger partial charge < -0.3 is 20.5 Å². The van der Waals surface area contributed by atoms with E-state index >= 15 is 0 Å². The van der Waals surface area contributed by atoms with Gasteiger partial charge in [-0.05, 0) is 99.9 Å². The van der Waals surface area contributed by atoms with Crippen LogP contribution in [0.25, 0.3) is 0 Å². The minimum absolute atomic E-state index is 0. The summed E-state index contributed by atoms with van der Waals surface area (Å²) in [5, 5.41) is 0.292. The molecule has 2 heterocycles. The fourth-order valence-electron chi connectivity index (χ4n) is 6.69. The van der Waals surface area contributed by atoms with Gasteiger partial charge in [-0.25, -0.2) is 0 Å². The maximum absolute atomic E-state index is 13.0. The molecule has 0 spiro atoms.